The van der Waals surface area contributed by atoms with Crippen LogP contribution in [0.1, 0.15) is 20.8 Å². The Balaban J connectivity index is 4.03. The smallest absolute Gasteiger partial charge is 0.115 e. The lowest BCUT2D eigenvalue weighted by molar-refractivity contribution is 0.447. The summed E-state index contributed by atoms with van der Waals surface area (Å²) in [4.78, 5) is 0. The molecule has 3 N–H and O–H groups in total. The van der Waals surface area contributed by atoms with E-state index in [0.717, 1.165) is 12.4 Å². The molecule has 0 aromatic rings. The lowest BCUT2D eigenvalue weighted by atomic mass is 10.5. The first-order valence-corrected chi connectivity index (χ1v) is 3.83. The second-order valence-corrected chi connectivity index (χ2v) is 2.09. The molecule has 0 atom stereocenters. The van der Waals surface area contributed by atoms with E-state index in [0.29, 0.717) is 0 Å². The fourth-order valence-corrected chi connectivity index (χ4v) is 0.764. The molecule has 0 spiro atoms. The van der Waals surface area contributed by atoms with Crippen LogP contribution in [-0.2, 0) is 0 Å². The Hall–Kier alpha value is -0.960. The molecule has 0 aromatic heterocycles. The quantitative estimate of drug-likeness (QED) is 0.473. The van der Waals surface area contributed by atoms with Gasteiger partial charge in [-0.1, -0.05) is 6.08 Å². The molecule has 11 heavy (non-hydrogen) atoms. The molecule has 0 aromatic carbocycles. The zero-order chi connectivity index (χ0) is 8.69. The first-order valence-electron chi connectivity index (χ1n) is 3.83. The van der Waals surface area contributed by atoms with Gasteiger partial charge in [-0.3, -0.25) is 5.01 Å². The van der Waals surface area contributed by atoms with E-state index in [4.69, 9.17) is 5.84 Å². The summed E-state index contributed by atoms with van der Waals surface area (Å²) < 4.78 is 0. The second-order valence-electron chi connectivity index (χ2n) is 2.09. The van der Waals surface area contributed by atoms with E-state index in [1.807, 2.05) is 32.9 Å². The van der Waals surface area contributed by atoms with E-state index in [1.165, 1.54) is 0 Å². The van der Waals surface area contributed by atoms with Crippen molar-refractivity contribution in [1.82, 2.24) is 10.3 Å². The molecule has 0 heterocycles. The Morgan fingerprint density at radius 2 is 2.18 bits per heavy atom. The Bertz CT molecular complexity index is 149. The summed E-state index contributed by atoms with van der Waals surface area (Å²) in [5, 5.41) is 4.69. The van der Waals surface area contributed by atoms with Crippen molar-refractivity contribution < 1.29 is 0 Å². The number of rotatable bonds is 4. The number of nitrogens with one attached hydrogen (secondary N) is 1. The molecule has 0 aliphatic carbocycles. The van der Waals surface area contributed by atoms with Gasteiger partial charge >= 0.3 is 0 Å². The lowest BCUT2D eigenvalue weighted by Gasteiger charge is -2.17. The Labute approximate surface area is 68.5 Å². The highest BCUT2D eigenvalue weighted by Gasteiger charge is 1.95. The van der Waals surface area contributed by atoms with Crippen molar-refractivity contribution >= 4 is 0 Å². The molecule has 0 bridgehead atoms. The normalized spacial score (nSPS) is 12.2. The van der Waals surface area contributed by atoms with Gasteiger partial charge in [0.2, 0.25) is 0 Å². The van der Waals surface area contributed by atoms with E-state index in [1.54, 1.807) is 11.2 Å². The van der Waals surface area contributed by atoms with E-state index in [9.17, 15) is 0 Å². The molecule has 0 unspecified atom stereocenters. The Kier molecular flexibility index (Phi) is 5.29. The van der Waals surface area contributed by atoms with Crippen LogP contribution < -0.4 is 11.2 Å². The number of nitrogens with zero attached hydrogens (tertiary/aromatic N) is 1. The van der Waals surface area contributed by atoms with Gasteiger partial charge in [0, 0.05) is 12.7 Å². The number of nitrogens with two attached hydrogens (primary N) is 1. The molecule has 3 nitrogen and oxygen atoms in total. The van der Waals surface area contributed by atoms with Gasteiger partial charge < -0.3 is 5.32 Å². The fourth-order valence-electron chi connectivity index (χ4n) is 0.764. The molecule has 0 fully saturated rings. The summed E-state index contributed by atoms with van der Waals surface area (Å²) in [5.74, 6) is 6.56. The molecule has 64 valence electrons. The van der Waals surface area contributed by atoms with Gasteiger partial charge in [0.05, 0.1) is 0 Å². The van der Waals surface area contributed by atoms with Crippen LogP contribution in [0, 0.1) is 0 Å². The minimum atomic E-state index is 0.880. The van der Waals surface area contributed by atoms with Gasteiger partial charge in [0.15, 0.2) is 0 Å². The molecule has 0 aliphatic rings. The molecular formula is C8H17N3. The average Bonchev–Trinajstić information content (AvgIpc) is 2.00. The topological polar surface area (TPSA) is 41.3 Å². The molecule has 0 rings (SSSR count). The van der Waals surface area contributed by atoms with Gasteiger partial charge in [-0.25, -0.2) is 5.84 Å². The van der Waals surface area contributed by atoms with Crippen molar-refractivity contribution in [1.29, 1.82) is 0 Å². The summed E-state index contributed by atoms with van der Waals surface area (Å²) in [6.07, 6.45) is 5.63. The van der Waals surface area contributed by atoms with Crippen LogP contribution in [0.3, 0.4) is 0 Å². The average molecular weight is 155 g/mol. The summed E-state index contributed by atoms with van der Waals surface area (Å²) in [5.41, 5.74) is 0. The van der Waals surface area contributed by atoms with Crippen LogP contribution in [0.4, 0.5) is 0 Å². The molecule has 3 heteroatoms. The third-order valence-electron chi connectivity index (χ3n) is 1.22. The van der Waals surface area contributed by atoms with E-state index >= 15 is 0 Å². The summed E-state index contributed by atoms with van der Waals surface area (Å²) >= 11 is 0. The standard InChI is InChI=1S/C8H17N3/c1-4-7-11(9)8(5-2)10-6-3/h4-5,7,10H,6,9H2,1-3H3/b7-4-,8-5-. The molecule has 0 radical (unpaired) electrons. The predicted molar refractivity (Wildman–Crippen MR) is 48.3 cm³/mol. The van der Waals surface area contributed by atoms with Crippen LogP contribution in [0.5, 0.6) is 0 Å². The summed E-state index contributed by atoms with van der Waals surface area (Å²) in [6, 6.07) is 0. The number of allylic oxidation sites excluding steroid dienone is 2. The highest BCUT2D eigenvalue weighted by Crippen LogP contribution is 1.93. The van der Waals surface area contributed by atoms with Crippen molar-refractivity contribution in [2.45, 2.75) is 20.8 Å². The van der Waals surface area contributed by atoms with Crippen molar-refractivity contribution in [2.75, 3.05) is 6.54 Å². The lowest BCUT2D eigenvalue weighted by Crippen LogP contribution is -2.32. The van der Waals surface area contributed by atoms with Crippen LogP contribution >= 0.6 is 0 Å². The van der Waals surface area contributed by atoms with E-state index in [2.05, 4.69) is 5.32 Å². The largest absolute Gasteiger partial charge is 0.371 e. The van der Waals surface area contributed by atoms with Gasteiger partial charge in [-0.2, -0.15) is 0 Å². The monoisotopic (exact) mass is 155 g/mol. The SMILES string of the molecule is C/C=C\N(N)/C(=C\C)NCC. The maximum atomic E-state index is 5.64. The zero-order valence-electron chi connectivity index (χ0n) is 7.46. The highest BCUT2D eigenvalue weighted by molar-refractivity contribution is 4.99. The minimum absolute atomic E-state index is 0.880. The highest BCUT2D eigenvalue weighted by atomic mass is 15.4. The molecular weight excluding hydrogens is 138 g/mol. The summed E-state index contributed by atoms with van der Waals surface area (Å²) in [7, 11) is 0. The second kappa shape index (κ2) is 5.80. The number of hydrogen-bond acceptors (Lipinski definition) is 3. The number of hydrazine groups is 1. The zero-order valence-corrected chi connectivity index (χ0v) is 7.46. The maximum Gasteiger partial charge on any atom is 0.115 e. The van der Waals surface area contributed by atoms with Crippen molar-refractivity contribution in [2.24, 2.45) is 5.84 Å². The molecule has 0 saturated carbocycles. The van der Waals surface area contributed by atoms with Gasteiger partial charge in [0.1, 0.15) is 5.82 Å². The van der Waals surface area contributed by atoms with E-state index < -0.39 is 0 Å². The van der Waals surface area contributed by atoms with Crippen LogP contribution in [-0.4, -0.2) is 11.6 Å². The Morgan fingerprint density at radius 1 is 1.55 bits per heavy atom. The fraction of sp³-hybridized carbons (Fsp3) is 0.500. The maximum absolute atomic E-state index is 5.64. The molecule has 0 saturated heterocycles. The van der Waals surface area contributed by atoms with Crippen LogP contribution in [0.15, 0.2) is 24.2 Å². The third-order valence-corrected chi connectivity index (χ3v) is 1.22. The van der Waals surface area contributed by atoms with Crippen molar-refractivity contribution in [3.63, 3.8) is 0 Å². The first-order chi connectivity index (χ1) is 5.26. The predicted octanol–water partition coefficient (Wildman–Crippen LogP) is 1.17. The molecule has 0 aliphatic heterocycles. The van der Waals surface area contributed by atoms with Gasteiger partial charge in [0.25, 0.3) is 0 Å². The minimum Gasteiger partial charge on any atom is -0.371 e. The first kappa shape index (κ1) is 10.0. The van der Waals surface area contributed by atoms with Gasteiger partial charge in [-0.15, -0.1) is 0 Å². The Morgan fingerprint density at radius 3 is 2.55 bits per heavy atom. The van der Waals surface area contributed by atoms with Crippen molar-refractivity contribution in [3.05, 3.63) is 24.2 Å². The number of hydrogen-bond donors (Lipinski definition) is 2. The third kappa shape index (κ3) is 3.68. The van der Waals surface area contributed by atoms with E-state index in [-0.39, 0.29) is 0 Å². The van der Waals surface area contributed by atoms with Gasteiger partial charge in [-0.05, 0) is 26.8 Å². The van der Waals surface area contributed by atoms with Crippen molar-refractivity contribution in [3.8, 4) is 0 Å². The van der Waals surface area contributed by atoms with Crippen LogP contribution in [0.25, 0.3) is 0 Å². The molecule has 0 amide bonds. The summed E-state index contributed by atoms with van der Waals surface area (Å²) in [6.45, 7) is 6.79. The van der Waals surface area contributed by atoms with Crippen LogP contribution in [0.2, 0.25) is 0 Å².